The molecule has 0 aliphatic carbocycles. The van der Waals surface area contributed by atoms with E-state index >= 15 is 0 Å². The van der Waals surface area contributed by atoms with Gasteiger partial charge in [0.2, 0.25) is 0 Å². The minimum absolute atomic E-state index is 0.183. The van der Waals surface area contributed by atoms with Crippen LogP contribution < -0.4 is 0 Å². The Morgan fingerprint density at radius 1 is 0.947 bits per heavy atom. The summed E-state index contributed by atoms with van der Waals surface area (Å²) in [5.74, 6) is -0.751. The van der Waals surface area contributed by atoms with Gasteiger partial charge in [0.25, 0.3) is 0 Å². The summed E-state index contributed by atoms with van der Waals surface area (Å²) < 4.78 is 0. The second-order valence-electron chi connectivity index (χ2n) is 4.97. The molecule has 0 heterocycles. The lowest BCUT2D eigenvalue weighted by Gasteiger charge is -2.06. The third-order valence-corrected chi connectivity index (χ3v) is 3.14. The standard InChI is InChI=1S/C17H18O2/c1-12-9-13(2)11-16(10-12)15-6-3-14(4-7-15)5-8-17(18)19/h3-4,6-7,9-11H,5,8H2,1-2H3,(H,18,19). The van der Waals surface area contributed by atoms with E-state index in [0.29, 0.717) is 6.42 Å². The summed E-state index contributed by atoms with van der Waals surface area (Å²) in [6.07, 6.45) is 0.769. The van der Waals surface area contributed by atoms with Crippen molar-refractivity contribution >= 4 is 5.97 Å². The van der Waals surface area contributed by atoms with Crippen molar-refractivity contribution in [1.29, 1.82) is 0 Å². The third kappa shape index (κ3) is 3.68. The summed E-state index contributed by atoms with van der Waals surface area (Å²) in [6.45, 7) is 4.19. The molecule has 2 nitrogen and oxygen atoms in total. The molecule has 0 unspecified atom stereocenters. The molecular formula is C17H18O2. The van der Waals surface area contributed by atoms with Crippen LogP contribution in [0.15, 0.2) is 42.5 Å². The van der Waals surface area contributed by atoms with Crippen molar-refractivity contribution in [2.75, 3.05) is 0 Å². The van der Waals surface area contributed by atoms with Gasteiger partial charge in [-0.15, -0.1) is 0 Å². The van der Waals surface area contributed by atoms with E-state index in [9.17, 15) is 4.79 Å². The number of carboxylic acids is 1. The first-order valence-corrected chi connectivity index (χ1v) is 6.44. The molecule has 0 bridgehead atoms. The molecule has 2 aromatic rings. The molecule has 1 N–H and O–H groups in total. The maximum atomic E-state index is 10.5. The van der Waals surface area contributed by atoms with Gasteiger partial charge in [0.15, 0.2) is 0 Å². The molecule has 0 spiro atoms. The smallest absolute Gasteiger partial charge is 0.303 e. The topological polar surface area (TPSA) is 37.3 Å². The molecule has 0 aromatic heterocycles. The van der Waals surface area contributed by atoms with Crippen LogP contribution in [-0.4, -0.2) is 11.1 Å². The Morgan fingerprint density at radius 3 is 2.05 bits per heavy atom. The van der Waals surface area contributed by atoms with Gasteiger partial charge >= 0.3 is 5.97 Å². The average molecular weight is 254 g/mol. The summed E-state index contributed by atoms with van der Waals surface area (Å²) >= 11 is 0. The fraction of sp³-hybridized carbons (Fsp3) is 0.235. The van der Waals surface area contributed by atoms with Crippen LogP contribution in [0.4, 0.5) is 0 Å². The summed E-state index contributed by atoms with van der Waals surface area (Å²) in [5.41, 5.74) is 5.96. The quantitative estimate of drug-likeness (QED) is 0.895. The largest absolute Gasteiger partial charge is 0.481 e. The fourth-order valence-corrected chi connectivity index (χ4v) is 2.26. The van der Waals surface area contributed by atoms with E-state index in [4.69, 9.17) is 5.11 Å². The number of benzene rings is 2. The second kappa shape index (κ2) is 5.70. The van der Waals surface area contributed by atoms with Gasteiger partial charge in [0.05, 0.1) is 0 Å². The maximum Gasteiger partial charge on any atom is 0.303 e. The fourth-order valence-electron chi connectivity index (χ4n) is 2.26. The van der Waals surface area contributed by atoms with Gasteiger partial charge in [-0.2, -0.15) is 0 Å². The average Bonchev–Trinajstić information content (AvgIpc) is 2.36. The minimum atomic E-state index is -0.751. The van der Waals surface area contributed by atoms with E-state index in [1.807, 2.05) is 12.1 Å². The molecule has 19 heavy (non-hydrogen) atoms. The number of aliphatic carboxylic acids is 1. The molecule has 2 heteroatoms. The van der Waals surface area contributed by atoms with Crippen LogP contribution in [0.1, 0.15) is 23.1 Å². The van der Waals surface area contributed by atoms with Crippen LogP contribution in [0.5, 0.6) is 0 Å². The molecule has 0 aliphatic heterocycles. The van der Waals surface area contributed by atoms with Crippen molar-refractivity contribution in [3.05, 3.63) is 59.2 Å². The molecule has 0 amide bonds. The molecular weight excluding hydrogens is 236 g/mol. The lowest BCUT2D eigenvalue weighted by atomic mass is 9.99. The molecule has 0 atom stereocenters. The normalized spacial score (nSPS) is 10.4. The number of hydrogen-bond donors (Lipinski definition) is 1. The van der Waals surface area contributed by atoms with E-state index in [2.05, 4.69) is 44.2 Å². The molecule has 0 radical (unpaired) electrons. The Bertz CT molecular complexity index is 562. The van der Waals surface area contributed by atoms with E-state index in [0.717, 1.165) is 5.56 Å². The summed E-state index contributed by atoms with van der Waals surface area (Å²) in [5, 5.41) is 8.67. The van der Waals surface area contributed by atoms with E-state index in [-0.39, 0.29) is 6.42 Å². The van der Waals surface area contributed by atoms with Gasteiger partial charge in [-0.3, -0.25) is 4.79 Å². The molecule has 2 aromatic carbocycles. The number of carbonyl (C=O) groups is 1. The zero-order valence-corrected chi connectivity index (χ0v) is 11.3. The van der Waals surface area contributed by atoms with Gasteiger partial charge in [-0.25, -0.2) is 0 Å². The summed E-state index contributed by atoms with van der Waals surface area (Å²) in [6, 6.07) is 14.6. The highest BCUT2D eigenvalue weighted by atomic mass is 16.4. The number of hydrogen-bond acceptors (Lipinski definition) is 1. The maximum absolute atomic E-state index is 10.5. The minimum Gasteiger partial charge on any atom is -0.481 e. The van der Waals surface area contributed by atoms with Crippen LogP contribution in [0.2, 0.25) is 0 Å². The van der Waals surface area contributed by atoms with Crippen molar-refractivity contribution in [3.63, 3.8) is 0 Å². The van der Waals surface area contributed by atoms with Crippen molar-refractivity contribution in [2.24, 2.45) is 0 Å². The lowest BCUT2D eigenvalue weighted by Crippen LogP contribution is -1.97. The van der Waals surface area contributed by atoms with Gasteiger partial charge in [0.1, 0.15) is 0 Å². The first-order valence-electron chi connectivity index (χ1n) is 6.44. The van der Waals surface area contributed by atoms with Gasteiger partial charge < -0.3 is 5.11 Å². The highest BCUT2D eigenvalue weighted by molar-refractivity contribution is 5.68. The van der Waals surface area contributed by atoms with Crippen LogP contribution in [0.3, 0.4) is 0 Å². The van der Waals surface area contributed by atoms with E-state index in [1.54, 1.807) is 0 Å². The van der Waals surface area contributed by atoms with Crippen molar-refractivity contribution < 1.29 is 9.90 Å². The third-order valence-electron chi connectivity index (χ3n) is 3.14. The van der Waals surface area contributed by atoms with Gasteiger partial charge in [0, 0.05) is 6.42 Å². The van der Waals surface area contributed by atoms with Crippen LogP contribution >= 0.6 is 0 Å². The van der Waals surface area contributed by atoms with Crippen molar-refractivity contribution in [1.82, 2.24) is 0 Å². The monoisotopic (exact) mass is 254 g/mol. The predicted molar refractivity (Wildman–Crippen MR) is 77.3 cm³/mol. The summed E-state index contributed by atoms with van der Waals surface area (Å²) in [4.78, 5) is 10.5. The SMILES string of the molecule is Cc1cc(C)cc(-c2ccc(CCC(=O)O)cc2)c1. The van der Waals surface area contributed by atoms with E-state index in [1.165, 1.54) is 22.3 Å². The summed E-state index contributed by atoms with van der Waals surface area (Å²) in [7, 11) is 0. The Labute approximate surface area is 113 Å². The van der Waals surface area contributed by atoms with Crippen molar-refractivity contribution in [2.45, 2.75) is 26.7 Å². The zero-order valence-electron chi connectivity index (χ0n) is 11.3. The van der Waals surface area contributed by atoms with Crippen LogP contribution in [-0.2, 0) is 11.2 Å². The molecule has 98 valence electrons. The van der Waals surface area contributed by atoms with Crippen LogP contribution in [0.25, 0.3) is 11.1 Å². The number of carboxylic acid groups (broad SMARTS) is 1. The molecule has 0 fully saturated rings. The van der Waals surface area contributed by atoms with Crippen LogP contribution in [0, 0.1) is 13.8 Å². The zero-order chi connectivity index (χ0) is 13.8. The molecule has 2 rings (SSSR count). The lowest BCUT2D eigenvalue weighted by molar-refractivity contribution is -0.136. The second-order valence-corrected chi connectivity index (χ2v) is 4.97. The first-order chi connectivity index (χ1) is 9.04. The Kier molecular flexibility index (Phi) is 4.00. The Hall–Kier alpha value is -2.09. The molecule has 0 aliphatic rings. The van der Waals surface area contributed by atoms with E-state index < -0.39 is 5.97 Å². The van der Waals surface area contributed by atoms with Gasteiger partial charge in [-0.1, -0.05) is 53.6 Å². The first kappa shape index (κ1) is 13.3. The predicted octanol–water partition coefficient (Wildman–Crippen LogP) is 3.99. The van der Waals surface area contributed by atoms with Gasteiger partial charge in [-0.05, 0) is 37.0 Å². The highest BCUT2D eigenvalue weighted by Crippen LogP contribution is 2.22. The highest BCUT2D eigenvalue weighted by Gasteiger charge is 2.02. The molecule has 0 saturated heterocycles. The number of rotatable bonds is 4. The number of aryl methyl sites for hydroxylation is 3. The molecule has 0 saturated carbocycles. The van der Waals surface area contributed by atoms with Crippen molar-refractivity contribution in [3.8, 4) is 11.1 Å². The Balaban J connectivity index is 2.19. The Morgan fingerprint density at radius 2 is 1.53 bits per heavy atom.